The summed E-state index contributed by atoms with van der Waals surface area (Å²) in [6.07, 6.45) is 0.121. The fourth-order valence-electron chi connectivity index (χ4n) is 2.82. The number of hydroxylamine groups is 2. The monoisotopic (exact) mass is 435 g/mol. The van der Waals surface area contributed by atoms with Gasteiger partial charge in [-0.05, 0) is 0 Å². The molecule has 1 aromatic rings. The molecule has 0 aliphatic carbocycles. The number of nitrogens with two attached hydrogens (primary N) is 1. The molecule has 1 unspecified atom stereocenters. The number of carbonyl (C=O) groups is 4. The van der Waals surface area contributed by atoms with E-state index in [4.69, 9.17) is 15.3 Å². The van der Waals surface area contributed by atoms with Gasteiger partial charge >= 0.3 is 35.5 Å². The van der Waals surface area contributed by atoms with Crippen molar-refractivity contribution >= 4 is 46.4 Å². The number of aliphatic carboxylic acids is 1. The Morgan fingerprint density at radius 2 is 2.24 bits per heavy atom. The van der Waals surface area contributed by atoms with Crippen LogP contribution in [0.25, 0.3) is 0 Å². The van der Waals surface area contributed by atoms with Gasteiger partial charge in [0.15, 0.2) is 10.7 Å². The largest absolute Gasteiger partial charge is 1.00 e. The third-order valence-corrected chi connectivity index (χ3v) is 4.80. The predicted octanol–water partition coefficient (Wildman–Crippen LogP) is -5.77. The Morgan fingerprint density at radius 3 is 2.76 bits per heavy atom. The van der Waals surface area contributed by atoms with Crippen LogP contribution in [-0.4, -0.2) is 59.5 Å². The molecule has 2 aliphatic rings. The van der Waals surface area contributed by atoms with Crippen molar-refractivity contribution in [3.05, 3.63) is 11.1 Å². The van der Waals surface area contributed by atoms with E-state index in [0.29, 0.717) is 5.06 Å². The fourth-order valence-corrected chi connectivity index (χ4v) is 3.46. The molecule has 0 bridgehead atoms. The zero-order chi connectivity index (χ0) is 20.5. The first kappa shape index (κ1) is 23.0. The van der Waals surface area contributed by atoms with E-state index in [2.05, 4.69) is 20.3 Å². The van der Waals surface area contributed by atoms with Crippen LogP contribution in [0.5, 0.6) is 0 Å². The van der Waals surface area contributed by atoms with Gasteiger partial charge in [0.2, 0.25) is 0 Å². The van der Waals surface area contributed by atoms with Crippen LogP contribution in [0.15, 0.2) is 10.5 Å². The molecule has 0 saturated carbocycles. The maximum absolute atomic E-state index is 13.2. The van der Waals surface area contributed by atoms with Gasteiger partial charge in [0.05, 0.1) is 12.1 Å². The number of ether oxygens (including phenoxy) is 1. The molecule has 0 aromatic carbocycles. The smallest absolute Gasteiger partial charge is 0.544 e. The number of carboxylic acids is 1. The molecule has 3 N–H and O–H groups in total. The van der Waals surface area contributed by atoms with Gasteiger partial charge in [-0.2, -0.15) is 5.06 Å². The summed E-state index contributed by atoms with van der Waals surface area (Å²) >= 11 is 0.993. The number of amides is 2. The van der Waals surface area contributed by atoms with Gasteiger partial charge in [0.1, 0.15) is 25.9 Å². The van der Waals surface area contributed by atoms with E-state index in [1.54, 1.807) is 0 Å². The second kappa shape index (κ2) is 8.62. The molecular formula is C14H14N5NaO8S. The number of carboxylic acid groups (broad SMARTS) is 1. The van der Waals surface area contributed by atoms with Crippen molar-refractivity contribution in [2.24, 2.45) is 5.16 Å². The Morgan fingerprint density at radius 1 is 1.52 bits per heavy atom. The first-order chi connectivity index (χ1) is 13.2. The van der Waals surface area contributed by atoms with E-state index < -0.39 is 41.6 Å². The van der Waals surface area contributed by atoms with E-state index in [9.17, 15) is 24.3 Å². The van der Waals surface area contributed by atoms with Gasteiger partial charge in [-0.15, -0.1) is 11.3 Å². The van der Waals surface area contributed by atoms with Crippen LogP contribution < -0.4 is 45.7 Å². The summed E-state index contributed by atoms with van der Waals surface area (Å²) in [7, 11) is 1.21. The normalized spacial score (nSPS) is 26.3. The van der Waals surface area contributed by atoms with Gasteiger partial charge in [-0.3, -0.25) is 19.2 Å². The summed E-state index contributed by atoms with van der Waals surface area (Å²) in [6, 6.07) is 0. The molecule has 29 heavy (non-hydrogen) atoms. The molecule has 3 heterocycles. The molecule has 2 atom stereocenters. The number of anilines is 1. The van der Waals surface area contributed by atoms with Gasteiger partial charge in [-0.25, -0.2) is 4.98 Å². The van der Waals surface area contributed by atoms with Crippen molar-refractivity contribution in [1.29, 1.82) is 0 Å². The quantitative estimate of drug-likeness (QED) is 0.189. The second-order valence-electron chi connectivity index (χ2n) is 5.80. The summed E-state index contributed by atoms with van der Waals surface area (Å²) in [5.41, 5.74) is 1.25. The minimum atomic E-state index is -2.46. The van der Waals surface area contributed by atoms with Crippen LogP contribution in [0.3, 0.4) is 0 Å². The maximum Gasteiger partial charge on any atom is 1.00 e. The van der Waals surface area contributed by atoms with Crippen LogP contribution in [-0.2, 0) is 39.1 Å². The van der Waals surface area contributed by atoms with Gasteiger partial charge < -0.3 is 30.5 Å². The van der Waals surface area contributed by atoms with E-state index in [0.717, 1.165) is 17.6 Å². The minimum Gasteiger partial charge on any atom is -0.544 e. The van der Waals surface area contributed by atoms with Gasteiger partial charge in [0.25, 0.3) is 17.5 Å². The van der Waals surface area contributed by atoms with E-state index in [1.165, 1.54) is 12.5 Å². The standard InChI is InChI=1S/C14H15N5O8S.Na/c1-25-16-4-8(20)18-13(7-5-28-12(15)17-7)6-26-19(10(13)22)14(11(23)24)3-2-9(21)27-14;/h4-5H,2-3,6H2,1H3,(H2,15,17)(H,18,20)(H,23,24);/q;+1/p-1/b16-4-;/t13-,14?;/m0./s1. The molecule has 13 nitrogen and oxygen atoms in total. The Balaban J connectivity index is 0.00000300. The maximum atomic E-state index is 13.2. The number of carbonyl (C=O) groups excluding carboxylic acids is 4. The molecule has 150 valence electrons. The average molecular weight is 435 g/mol. The topological polar surface area (TPSA) is 186 Å². The number of cyclic esters (lactones) is 1. The zero-order valence-corrected chi connectivity index (χ0v) is 18.2. The Bertz CT molecular complexity index is 878. The SMILES string of the molecule is CO/N=C\C(=O)N[C@]1(c2csc(N)n2)CON(C2(C(=O)[O-])CCC(=O)O2)C1=O.[Na+]. The first-order valence-corrected chi connectivity index (χ1v) is 8.64. The molecule has 1 aromatic heterocycles. The summed E-state index contributed by atoms with van der Waals surface area (Å²) in [6.45, 7) is -0.534. The fraction of sp³-hybridized carbons (Fsp3) is 0.429. The molecule has 2 fully saturated rings. The number of oxime groups is 1. The zero-order valence-electron chi connectivity index (χ0n) is 15.4. The second-order valence-corrected chi connectivity index (χ2v) is 6.69. The Hall–Kier alpha value is -2.26. The van der Waals surface area contributed by atoms with Crippen molar-refractivity contribution in [1.82, 2.24) is 15.4 Å². The average Bonchev–Trinajstić information content (AvgIpc) is 3.33. The van der Waals surface area contributed by atoms with Crippen molar-refractivity contribution in [3.63, 3.8) is 0 Å². The minimum absolute atomic E-state index is 0. The first-order valence-electron chi connectivity index (χ1n) is 7.76. The van der Waals surface area contributed by atoms with Crippen LogP contribution >= 0.6 is 11.3 Å². The van der Waals surface area contributed by atoms with Crippen LogP contribution in [0.2, 0.25) is 0 Å². The summed E-state index contributed by atoms with van der Waals surface area (Å²) < 4.78 is 4.85. The third kappa shape index (κ3) is 3.93. The van der Waals surface area contributed by atoms with E-state index in [1.807, 2.05) is 0 Å². The number of hydrogen-bond acceptors (Lipinski definition) is 12. The van der Waals surface area contributed by atoms with Crippen molar-refractivity contribution < 1.29 is 68.3 Å². The van der Waals surface area contributed by atoms with Crippen molar-refractivity contribution in [2.45, 2.75) is 24.1 Å². The summed E-state index contributed by atoms with van der Waals surface area (Å²) in [5, 5.41) is 19.3. The van der Waals surface area contributed by atoms with E-state index in [-0.39, 0.29) is 53.2 Å². The number of esters is 1. The molecular weight excluding hydrogens is 421 g/mol. The summed E-state index contributed by atoms with van der Waals surface area (Å²) in [5.74, 6) is -4.56. The molecule has 0 radical (unpaired) electrons. The number of rotatable bonds is 6. The van der Waals surface area contributed by atoms with Gasteiger partial charge in [0, 0.05) is 11.8 Å². The molecule has 2 aliphatic heterocycles. The summed E-state index contributed by atoms with van der Waals surface area (Å²) in [4.78, 5) is 62.2. The van der Waals surface area contributed by atoms with Crippen molar-refractivity contribution in [3.8, 4) is 0 Å². The Kier molecular flexibility index (Phi) is 6.85. The van der Waals surface area contributed by atoms with Crippen LogP contribution in [0, 0.1) is 0 Å². The number of nitrogens with zero attached hydrogens (tertiary/aromatic N) is 3. The molecule has 3 rings (SSSR count). The predicted molar refractivity (Wildman–Crippen MR) is 87.7 cm³/mol. The molecule has 2 saturated heterocycles. The number of nitrogen functional groups attached to an aromatic ring is 1. The molecule has 15 heteroatoms. The molecule has 0 spiro atoms. The number of hydrogen-bond donors (Lipinski definition) is 2. The third-order valence-electron chi connectivity index (χ3n) is 4.13. The van der Waals surface area contributed by atoms with Crippen molar-refractivity contribution in [2.75, 3.05) is 19.5 Å². The molecule has 2 amide bonds. The number of thiazole rings is 1. The van der Waals surface area contributed by atoms with Crippen LogP contribution in [0.4, 0.5) is 5.13 Å². The van der Waals surface area contributed by atoms with E-state index >= 15 is 0 Å². The Labute approximate surface area is 189 Å². The number of nitrogens with one attached hydrogen (secondary N) is 1. The number of aromatic nitrogens is 1. The van der Waals surface area contributed by atoms with Gasteiger partial charge in [-0.1, -0.05) is 5.16 Å². The van der Waals surface area contributed by atoms with Crippen LogP contribution in [0.1, 0.15) is 18.5 Å².